The zero-order valence-corrected chi connectivity index (χ0v) is 12.4. The zero-order valence-electron chi connectivity index (χ0n) is 12.4. The second-order valence-corrected chi connectivity index (χ2v) is 4.91. The Morgan fingerprint density at radius 3 is 2.81 bits per heavy atom. The molecule has 0 saturated heterocycles. The average molecular weight is 298 g/mol. The van der Waals surface area contributed by atoms with Gasteiger partial charge in [0.05, 0.1) is 0 Å². The van der Waals surface area contributed by atoms with Crippen molar-refractivity contribution in [1.82, 2.24) is 10.5 Å². The molecule has 0 aliphatic carbocycles. The van der Waals surface area contributed by atoms with E-state index in [0.29, 0.717) is 24.6 Å². The number of hydrogen-bond donors (Lipinski definition) is 2. The van der Waals surface area contributed by atoms with E-state index in [4.69, 9.17) is 14.4 Å². The highest BCUT2D eigenvalue weighted by atomic mass is 16.5. The van der Waals surface area contributed by atoms with Crippen LogP contribution in [-0.2, 0) is 9.59 Å². The van der Waals surface area contributed by atoms with Crippen LogP contribution < -0.4 is 10.1 Å². The summed E-state index contributed by atoms with van der Waals surface area (Å²) in [6.45, 7) is 4.16. The summed E-state index contributed by atoms with van der Waals surface area (Å²) >= 11 is 0. The number of aromatic nitrogens is 1. The Balaban J connectivity index is 2.15. The van der Waals surface area contributed by atoms with Crippen molar-refractivity contribution in [1.29, 1.82) is 0 Å². The summed E-state index contributed by atoms with van der Waals surface area (Å²) in [5.41, 5.74) is 0. The molecule has 0 bridgehead atoms. The van der Waals surface area contributed by atoms with Gasteiger partial charge in [-0.05, 0) is 30.8 Å². The number of hydrogen-bond acceptors (Lipinski definition) is 5. The van der Waals surface area contributed by atoms with Gasteiger partial charge in [-0.15, -0.1) is 0 Å². The van der Waals surface area contributed by atoms with Crippen LogP contribution in [0.15, 0.2) is 10.6 Å². The van der Waals surface area contributed by atoms with Crippen molar-refractivity contribution in [3.63, 3.8) is 0 Å². The predicted molar refractivity (Wildman–Crippen MR) is 75.0 cm³/mol. The fraction of sp³-hybridized carbons (Fsp3) is 0.643. The van der Waals surface area contributed by atoms with Gasteiger partial charge in [-0.25, -0.2) is 0 Å². The molecule has 118 valence electrons. The number of aryl methyl sites for hydroxylation is 1. The van der Waals surface area contributed by atoms with Gasteiger partial charge in [-0.3, -0.25) is 9.59 Å². The molecule has 0 radical (unpaired) electrons. The van der Waals surface area contributed by atoms with E-state index < -0.39 is 5.97 Å². The number of amides is 1. The first-order chi connectivity index (χ1) is 10.0. The molecule has 2 N–H and O–H groups in total. The van der Waals surface area contributed by atoms with Crippen LogP contribution in [0.2, 0.25) is 0 Å². The Hall–Kier alpha value is -2.05. The molecule has 0 aromatic carbocycles. The second kappa shape index (κ2) is 8.99. The standard InChI is InChI=1S/C14H22N2O5/c1-3-11(4-5-14(18)19)6-7-15-12(17)9-20-13-8-10(2)21-16-13/h8,11H,3-7,9H2,1-2H3,(H,15,17)(H,18,19). The summed E-state index contributed by atoms with van der Waals surface area (Å²) in [7, 11) is 0. The third-order valence-corrected chi connectivity index (χ3v) is 3.18. The summed E-state index contributed by atoms with van der Waals surface area (Å²) in [5.74, 6) is 0.197. The minimum absolute atomic E-state index is 0.113. The first kappa shape index (κ1) is 17.0. The van der Waals surface area contributed by atoms with Crippen molar-refractivity contribution < 1.29 is 24.0 Å². The number of carbonyl (C=O) groups excluding carboxylic acids is 1. The van der Waals surface area contributed by atoms with Gasteiger partial charge >= 0.3 is 5.97 Å². The quantitative estimate of drug-likeness (QED) is 0.682. The smallest absolute Gasteiger partial charge is 0.303 e. The van der Waals surface area contributed by atoms with E-state index in [1.165, 1.54) is 0 Å². The van der Waals surface area contributed by atoms with Crippen molar-refractivity contribution in [3.8, 4) is 5.88 Å². The maximum Gasteiger partial charge on any atom is 0.303 e. The van der Waals surface area contributed by atoms with Gasteiger partial charge in [-0.1, -0.05) is 13.3 Å². The van der Waals surface area contributed by atoms with Crippen LogP contribution in [0.5, 0.6) is 5.88 Å². The number of nitrogens with zero attached hydrogens (tertiary/aromatic N) is 1. The van der Waals surface area contributed by atoms with Gasteiger partial charge in [-0.2, -0.15) is 0 Å². The Labute approximate surface area is 123 Å². The van der Waals surface area contributed by atoms with Gasteiger partial charge in [0.2, 0.25) is 0 Å². The van der Waals surface area contributed by atoms with Crippen LogP contribution >= 0.6 is 0 Å². The highest BCUT2D eigenvalue weighted by Gasteiger charge is 2.10. The van der Waals surface area contributed by atoms with Crippen molar-refractivity contribution in [2.75, 3.05) is 13.2 Å². The van der Waals surface area contributed by atoms with Crippen molar-refractivity contribution >= 4 is 11.9 Å². The molecule has 7 heteroatoms. The number of carboxylic acids is 1. The Morgan fingerprint density at radius 2 is 2.24 bits per heavy atom. The molecule has 0 fully saturated rings. The molecule has 1 amide bonds. The summed E-state index contributed by atoms with van der Waals surface area (Å²) in [6.07, 6.45) is 2.47. The maximum absolute atomic E-state index is 11.6. The van der Waals surface area contributed by atoms with Gasteiger partial charge in [0.1, 0.15) is 5.76 Å². The van der Waals surface area contributed by atoms with Crippen LogP contribution in [0.3, 0.4) is 0 Å². The average Bonchev–Trinajstić information content (AvgIpc) is 2.86. The first-order valence-corrected chi connectivity index (χ1v) is 7.05. The molecule has 1 rings (SSSR count). The summed E-state index contributed by atoms with van der Waals surface area (Å²) < 4.78 is 9.97. The third-order valence-electron chi connectivity index (χ3n) is 3.18. The monoisotopic (exact) mass is 298 g/mol. The molecule has 21 heavy (non-hydrogen) atoms. The first-order valence-electron chi connectivity index (χ1n) is 7.05. The minimum atomic E-state index is -0.784. The Bertz CT molecular complexity index is 458. The van der Waals surface area contributed by atoms with Crippen LogP contribution in [0.25, 0.3) is 0 Å². The van der Waals surface area contributed by atoms with E-state index in [-0.39, 0.29) is 24.8 Å². The highest BCUT2D eigenvalue weighted by molar-refractivity contribution is 5.77. The van der Waals surface area contributed by atoms with E-state index in [1.807, 2.05) is 6.92 Å². The molecule has 0 aliphatic heterocycles. The largest absolute Gasteiger partial charge is 0.481 e. The third kappa shape index (κ3) is 7.34. The number of carboxylic acid groups (broad SMARTS) is 1. The number of carbonyl (C=O) groups is 2. The normalized spacial score (nSPS) is 11.9. The predicted octanol–water partition coefficient (Wildman–Crippen LogP) is 1.76. The van der Waals surface area contributed by atoms with Gasteiger partial charge < -0.3 is 19.7 Å². The molecule has 0 spiro atoms. The van der Waals surface area contributed by atoms with Gasteiger partial charge in [0.25, 0.3) is 11.8 Å². The molecular weight excluding hydrogens is 276 g/mol. The SMILES string of the molecule is CCC(CCNC(=O)COc1cc(C)on1)CCC(=O)O. The van der Waals surface area contributed by atoms with Crippen molar-refractivity contribution in [2.45, 2.75) is 39.5 Å². The minimum Gasteiger partial charge on any atom is -0.481 e. The molecule has 1 unspecified atom stereocenters. The van der Waals surface area contributed by atoms with Crippen LogP contribution in [0.4, 0.5) is 0 Å². The lowest BCUT2D eigenvalue weighted by atomic mass is 9.97. The molecule has 1 heterocycles. The molecule has 1 aromatic rings. The number of nitrogens with one attached hydrogen (secondary N) is 1. The Morgan fingerprint density at radius 1 is 1.48 bits per heavy atom. The van der Waals surface area contributed by atoms with E-state index >= 15 is 0 Å². The highest BCUT2D eigenvalue weighted by Crippen LogP contribution is 2.14. The van der Waals surface area contributed by atoms with Gasteiger partial charge in [0.15, 0.2) is 6.61 Å². The van der Waals surface area contributed by atoms with Crippen molar-refractivity contribution in [2.24, 2.45) is 5.92 Å². The lowest BCUT2D eigenvalue weighted by molar-refractivity contribution is -0.137. The van der Waals surface area contributed by atoms with Crippen molar-refractivity contribution in [3.05, 3.63) is 11.8 Å². The van der Waals surface area contributed by atoms with Crippen LogP contribution in [0.1, 0.15) is 38.4 Å². The van der Waals surface area contributed by atoms with Crippen LogP contribution in [0, 0.1) is 12.8 Å². The van der Waals surface area contributed by atoms with E-state index in [0.717, 1.165) is 12.8 Å². The zero-order chi connectivity index (χ0) is 15.7. The molecular formula is C14H22N2O5. The summed E-state index contributed by atoms with van der Waals surface area (Å²) in [6, 6.07) is 1.60. The summed E-state index contributed by atoms with van der Waals surface area (Å²) in [4.78, 5) is 22.1. The summed E-state index contributed by atoms with van der Waals surface area (Å²) in [5, 5.41) is 15.0. The fourth-order valence-corrected chi connectivity index (χ4v) is 1.90. The number of rotatable bonds is 10. The maximum atomic E-state index is 11.6. The molecule has 0 aliphatic rings. The van der Waals surface area contributed by atoms with Gasteiger partial charge in [0, 0.05) is 19.0 Å². The second-order valence-electron chi connectivity index (χ2n) is 4.91. The van der Waals surface area contributed by atoms with E-state index in [9.17, 15) is 9.59 Å². The fourth-order valence-electron chi connectivity index (χ4n) is 1.90. The molecule has 7 nitrogen and oxygen atoms in total. The lowest BCUT2D eigenvalue weighted by Crippen LogP contribution is -2.30. The molecule has 1 aromatic heterocycles. The molecule has 0 saturated carbocycles. The van der Waals surface area contributed by atoms with E-state index in [1.54, 1.807) is 13.0 Å². The topological polar surface area (TPSA) is 102 Å². The number of aliphatic carboxylic acids is 1. The van der Waals surface area contributed by atoms with Crippen LogP contribution in [-0.4, -0.2) is 35.3 Å². The molecule has 1 atom stereocenters. The lowest BCUT2D eigenvalue weighted by Gasteiger charge is -2.13. The number of ether oxygens (including phenoxy) is 1. The van der Waals surface area contributed by atoms with E-state index in [2.05, 4.69) is 10.5 Å². The Kier molecular flexibility index (Phi) is 7.28.